The average molecular weight is 285 g/mol. The third kappa shape index (κ3) is 2.73. The van der Waals surface area contributed by atoms with Crippen LogP contribution in [0.1, 0.15) is 24.8 Å². The number of nitrogens with two attached hydrogens (primary N) is 1. The van der Waals surface area contributed by atoms with Crippen molar-refractivity contribution in [3.63, 3.8) is 0 Å². The fraction of sp³-hybridized carbons (Fsp3) is 0.538. The Balaban J connectivity index is 2.36. The summed E-state index contributed by atoms with van der Waals surface area (Å²) in [4.78, 5) is 10.6. The second-order valence-corrected chi connectivity index (χ2v) is 5.62. The number of aliphatic hydroxyl groups is 1. The summed E-state index contributed by atoms with van der Waals surface area (Å²) in [5.74, 6) is 0. The summed E-state index contributed by atoms with van der Waals surface area (Å²) in [5.41, 5.74) is 5.93. The molecule has 1 aromatic carbocycles. The molecule has 2 atom stereocenters. The van der Waals surface area contributed by atoms with Crippen molar-refractivity contribution in [2.45, 2.75) is 31.8 Å². The van der Waals surface area contributed by atoms with Crippen molar-refractivity contribution in [3.8, 4) is 0 Å². The van der Waals surface area contributed by atoms with Gasteiger partial charge >= 0.3 is 0 Å². The summed E-state index contributed by atoms with van der Waals surface area (Å²) in [7, 11) is 0. The highest BCUT2D eigenvalue weighted by Gasteiger charge is 2.42. The molecule has 1 aliphatic carbocycles. The molecule has 0 saturated heterocycles. The first-order valence-corrected chi connectivity index (χ1v) is 6.67. The predicted molar refractivity (Wildman–Crippen MR) is 73.2 cm³/mol. The van der Waals surface area contributed by atoms with Gasteiger partial charge < -0.3 is 10.8 Å². The van der Waals surface area contributed by atoms with Gasteiger partial charge in [0, 0.05) is 28.6 Å². The summed E-state index contributed by atoms with van der Waals surface area (Å²) < 4.78 is 0. The van der Waals surface area contributed by atoms with E-state index in [1.807, 2.05) is 0 Å². The van der Waals surface area contributed by atoms with E-state index in [0.717, 1.165) is 12.8 Å². The summed E-state index contributed by atoms with van der Waals surface area (Å²) in [6.45, 7) is 0.317. The number of benzene rings is 1. The summed E-state index contributed by atoms with van der Waals surface area (Å²) >= 11 is 5.92. The van der Waals surface area contributed by atoms with Crippen LogP contribution in [0.5, 0.6) is 0 Å². The van der Waals surface area contributed by atoms with E-state index in [1.54, 1.807) is 6.07 Å². The van der Waals surface area contributed by atoms with E-state index in [2.05, 4.69) is 0 Å². The molecule has 1 aromatic rings. The molecule has 0 spiro atoms. The summed E-state index contributed by atoms with van der Waals surface area (Å²) in [5, 5.41) is 21.6. The molecule has 6 heteroatoms. The Kier molecular flexibility index (Phi) is 4.08. The van der Waals surface area contributed by atoms with E-state index in [0.29, 0.717) is 30.0 Å². The molecular weight excluding hydrogens is 268 g/mol. The van der Waals surface area contributed by atoms with E-state index >= 15 is 0 Å². The summed E-state index contributed by atoms with van der Waals surface area (Å²) in [6, 6.07) is 4.51. The molecule has 0 aromatic heterocycles. The van der Waals surface area contributed by atoms with Gasteiger partial charge in [0.1, 0.15) is 0 Å². The standard InChI is InChI=1S/C13H17ClN2O3/c14-10-3-4-11(16(18)19)9(6-10)7-13(8-15)5-1-2-12(13)17/h3-4,6,12,17H,1-2,5,7-8,15H2. The maximum absolute atomic E-state index is 11.0. The molecule has 0 radical (unpaired) electrons. The highest BCUT2D eigenvalue weighted by atomic mass is 35.5. The maximum Gasteiger partial charge on any atom is 0.272 e. The number of aliphatic hydroxyl groups excluding tert-OH is 1. The van der Waals surface area contributed by atoms with Gasteiger partial charge in [0.2, 0.25) is 0 Å². The van der Waals surface area contributed by atoms with Crippen LogP contribution in [-0.2, 0) is 6.42 Å². The molecule has 0 amide bonds. The van der Waals surface area contributed by atoms with Gasteiger partial charge in [-0.05, 0) is 31.4 Å². The van der Waals surface area contributed by atoms with Gasteiger partial charge in [-0.25, -0.2) is 0 Å². The molecule has 1 saturated carbocycles. The molecule has 0 heterocycles. The molecule has 104 valence electrons. The lowest BCUT2D eigenvalue weighted by Gasteiger charge is -2.31. The van der Waals surface area contributed by atoms with Crippen molar-refractivity contribution in [1.82, 2.24) is 0 Å². The fourth-order valence-electron chi connectivity index (χ4n) is 2.89. The van der Waals surface area contributed by atoms with Crippen molar-refractivity contribution < 1.29 is 10.0 Å². The minimum atomic E-state index is -0.504. The Labute approximate surface area is 116 Å². The van der Waals surface area contributed by atoms with Crippen LogP contribution in [0.2, 0.25) is 5.02 Å². The SMILES string of the molecule is NCC1(Cc2cc(Cl)ccc2[N+](=O)[O-])CCCC1O. The molecular formula is C13H17ClN2O3. The molecule has 0 aliphatic heterocycles. The Morgan fingerprint density at radius 3 is 2.84 bits per heavy atom. The zero-order chi connectivity index (χ0) is 14.0. The lowest BCUT2D eigenvalue weighted by atomic mass is 9.78. The molecule has 2 unspecified atom stereocenters. The molecule has 3 N–H and O–H groups in total. The van der Waals surface area contributed by atoms with E-state index in [9.17, 15) is 15.2 Å². The average Bonchev–Trinajstić information content (AvgIpc) is 2.71. The van der Waals surface area contributed by atoms with Gasteiger partial charge in [0.05, 0.1) is 11.0 Å². The highest BCUT2D eigenvalue weighted by molar-refractivity contribution is 6.30. The van der Waals surface area contributed by atoms with E-state index in [1.165, 1.54) is 12.1 Å². The van der Waals surface area contributed by atoms with Crippen LogP contribution in [0.15, 0.2) is 18.2 Å². The maximum atomic E-state index is 11.0. The van der Waals surface area contributed by atoms with Gasteiger partial charge in [0.15, 0.2) is 0 Å². The molecule has 0 bridgehead atoms. The zero-order valence-corrected chi connectivity index (χ0v) is 11.3. The van der Waals surface area contributed by atoms with Crippen molar-refractivity contribution in [3.05, 3.63) is 38.9 Å². The first kappa shape index (κ1) is 14.2. The Hall–Kier alpha value is -1.17. The number of nitro benzene ring substituents is 1. The van der Waals surface area contributed by atoms with Crippen molar-refractivity contribution in [1.29, 1.82) is 0 Å². The van der Waals surface area contributed by atoms with Crippen LogP contribution < -0.4 is 5.73 Å². The number of halogens is 1. The Morgan fingerprint density at radius 2 is 2.32 bits per heavy atom. The molecule has 1 fully saturated rings. The first-order valence-electron chi connectivity index (χ1n) is 6.29. The van der Waals surface area contributed by atoms with Gasteiger partial charge in [0.25, 0.3) is 5.69 Å². The number of nitro groups is 1. The van der Waals surface area contributed by atoms with Crippen LogP contribution in [0.25, 0.3) is 0 Å². The van der Waals surface area contributed by atoms with Crippen molar-refractivity contribution in [2.24, 2.45) is 11.1 Å². The highest BCUT2D eigenvalue weighted by Crippen LogP contribution is 2.42. The van der Waals surface area contributed by atoms with Crippen LogP contribution in [0, 0.1) is 15.5 Å². The number of nitrogens with zero attached hydrogens (tertiary/aromatic N) is 1. The normalized spacial score (nSPS) is 26.6. The molecule has 19 heavy (non-hydrogen) atoms. The first-order chi connectivity index (χ1) is 8.98. The Bertz CT molecular complexity index is 495. The van der Waals surface area contributed by atoms with E-state index in [-0.39, 0.29) is 5.69 Å². The number of hydrogen-bond donors (Lipinski definition) is 2. The number of hydrogen-bond acceptors (Lipinski definition) is 4. The number of rotatable bonds is 4. The predicted octanol–water partition coefficient (Wildman–Crippen LogP) is 2.28. The van der Waals surface area contributed by atoms with Gasteiger partial charge in [-0.2, -0.15) is 0 Å². The lowest BCUT2D eigenvalue weighted by molar-refractivity contribution is -0.385. The molecule has 5 nitrogen and oxygen atoms in total. The van der Waals surface area contributed by atoms with Gasteiger partial charge in [-0.1, -0.05) is 18.0 Å². The smallest absolute Gasteiger partial charge is 0.272 e. The zero-order valence-electron chi connectivity index (χ0n) is 10.5. The minimum absolute atomic E-state index is 0.0383. The van der Waals surface area contributed by atoms with Gasteiger partial charge in [-0.15, -0.1) is 0 Å². The van der Waals surface area contributed by atoms with Crippen molar-refractivity contribution >= 4 is 17.3 Å². The molecule has 1 aliphatic rings. The summed E-state index contributed by atoms with van der Waals surface area (Å²) in [6.07, 6.45) is 2.27. The molecule has 2 rings (SSSR count). The van der Waals surface area contributed by atoms with Crippen LogP contribution in [0.4, 0.5) is 5.69 Å². The van der Waals surface area contributed by atoms with Crippen LogP contribution in [0.3, 0.4) is 0 Å². The lowest BCUT2D eigenvalue weighted by Crippen LogP contribution is -2.39. The van der Waals surface area contributed by atoms with E-state index in [4.69, 9.17) is 17.3 Å². The second-order valence-electron chi connectivity index (χ2n) is 5.18. The topological polar surface area (TPSA) is 89.4 Å². The third-order valence-corrected chi connectivity index (χ3v) is 4.28. The monoisotopic (exact) mass is 284 g/mol. The second kappa shape index (κ2) is 5.45. The van der Waals surface area contributed by atoms with Crippen LogP contribution >= 0.6 is 11.6 Å². The van der Waals surface area contributed by atoms with Crippen LogP contribution in [-0.4, -0.2) is 22.7 Å². The van der Waals surface area contributed by atoms with E-state index < -0.39 is 16.4 Å². The third-order valence-electron chi connectivity index (χ3n) is 4.05. The quantitative estimate of drug-likeness (QED) is 0.656. The largest absolute Gasteiger partial charge is 0.392 e. The minimum Gasteiger partial charge on any atom is -0.392 e. The van der Waals surface area contributed by atoms with Gasteiger partial charge in [-0.3, -0.25) is 10.1 Å². The fourth-order valence-corrected chi connectivity index (χ4v) is 3.08. The van der Waals surface area contributed by atoms with Crippen molar-refractivity contribution in [2.75, 3.05) is 6.54 Å². The Morgan fingerprint density at radius 1 is 1.58 bits per heavy atom.